The summed E-state index contributed by atoms with van der Waals surface area (Å²) < 4.78 is 13.6. The van der Waals surface area contributed by atoms with Gasteiger partial charge in [0.2, 0.25) is 0 Å². The summed E-state index contributed by atoms with van der Waals surface area (Å²) in [5.74, 6) is -0.369. The molecule has 2 rings (SSSR count). The molecule has 96 valence electrons. The third-order valence-electron chi connectivity index (χ3n) is 2.94. The Hall–Kier alpha value is -0.900. The summed E-state index contributed by atoms with van der Waals surface area (Å²) in [4.78, 5) is 2.06. The van der Waals surface area contributed by atoms with E-state index in [0.29, 0.717) is 10.6 Å². The molecule has 1 heterocycles. The Morgan fingerprint density at radius 2 is 2.06 bits per heavy atom. The van der Waals surface area contributed by atoms with E-state index in [9.17, 15) is 9.50 Å². The number of aliphatic hydroxyl groups is 1. The average molecular weight is 285 g/mol. The number of halogens is 2. The van der Waals surface area contributed by atoms with Crippen LogP contribution in [0.3, 0.4) is 0 Å². The zero-order chi connectivity index (χ0) is 13.3. The van der Waals surface area contributed by atoms with Gasteiger partial charge < -0.3 is 5.11 Å². The zero-order valence-corrected chi connectivity index (χ0v) is 11.8. The second-order valence-electron chi connectivity index (χ2n) is 4.34. The molecule has 1 nitrogen and oxygen atoms in total. The Balaban J connectivity index is 2.18. The first-order valence-electron chi connectivity index (χ1n) is 5.66. The van der Waals surface area contributed by atoms with Gasteiger partial charge >= 0.3 is 0 Å². The molecular formula is C14H14ClFOS. The summed E-state index contributed by atoms with van der Waals surface area (Å²) in [5, 5.41) is 10.5. The van der Waals surface area contributed by atoms with Crippen molar-refractivity contribution < 1.29 is 9.50 Å². The molecule has 2 aromatic rings. The maximum absolute atomic E-state index is 13.6. The Bertz CT molecular complexity index is 545. The minimum Gasteiger partial charge on any atom is -0.387 e. The Morgan fingerprint density at radius 3 is 2.61 bits per heavy atom. The smallest absolute Gasteiger partial charge is 0.127 e. The van der Waals surface area contributed by atoms with Crippen molar-refractivity contribution >= 4 is 22.9 Å². The molecule has 0 spiro atoms. The molecule has 18 heavy (non-hydrogen) atoms. The molecule has 1 atom stereocenters. The van der Waals surface area contributed by atoms with Crippen molar-refractivity contribution in [3.63, 3.8) is 0 Å². The highest BCUT2D eigenvalue weighted by Gasteiger charge is 2.14. The number of aryl methyl sites for hydroxylation is 2. The van der Waals surface area contributed by atoms with Crippen LogP contribution < -0.4 is 0 Å². The van der Waals surface area contributed by atoms with Crippen LogP contribution in [0.2, 0.25) is 5.02 Å². The molecule has 4 heteroatoms. The van der Waals surface area contributed by atoms with Gasteiger partial charge in [-0.15, -0.1) is 11.3 Å². The summed E-state index contributed by atoms with van der Waals surface area (Å²) in [6.07, 6.45) is -0.402. The molecule has 1 aromatic carbocycles. The summed E-state index contributed by atoms with van der Waals surface area (Å²) in [6, 6.07) is 6.48. The summed E-state index contributed by atoms with van der Waals surface area (Å²) in [6.45, 7) is 4.02. The predicted octanol–water partition coefficient (Wildman–Crippen LogP) is 4.43. The number of rotatable bonds is 3. The van der Waals surface area contributed by atoms with Gasteiger partial charge in [0.05, 0.1) is 6.10 Å². The third kappa shape index (κ3) is 2.91. The van der Waals surface area contributed by atoms with Crippen molar-refractivity contribution in [2.24, 2.45) is 0 Å². The Kier molecular flexibility index (Phi) is 4.05. The number of aliphatic hydroxyl groups excluding tert-OH is 1. The molecular weight excluding hydrogens is 271 g/mol. The average Bonchev–Trinajstić information content (AvgIpc) is 2.63. The molecule has 1 unspecified atom stereocenters. The second kappa shape index (κ2) is 5.39. The largest absolute Gasteiger partial charge is 0.387 e. The first kappa shape index (κ1) is 13.5. The van der Waals surface area contributed by atoms with Crippen molar-refractivity contribution in [1.29, 1.82) is 0 Å². The van der Waals surface area contributed by atoms with Gasteiger partial charge in [0.1, 0.15) is 5.82 Å². The fourth-order valence-corrected chi connectivity index (χ4v) is 2.95. The van der Waals surface area contributed by atoms with Gasteiger partial charge in [-0.05, 0) is 43.2 Å². The number of thiophene rings is 1. The SMILES string of the molecule is Cc1cc(C(O)Cc2ccc(Cl)cc2F)sc1C. The van der Waals surface area contributed by atoms with E-state index in [1.54, 1.807) is 23.5 Å². The topological polar surface area (TPSA) is 20.2 Å². The summed E-state index contributed by atoms with van der Waals surface area (Å²) >= 11 is 7.25. The monoisotopic (exact) mass is 284 g/mol. The van der Waals surface area contributed by atoms with E-state index in [2.05, 4.69) is 0 Å². The quantitative estimate of drug-likeness (QED) is 0.884. The van der Waals surface area contributed by atoms with Crippen LogP contribution in [-0.2, 0) is 6.42 Å². The summed E-state index contributed by atoms with van der Waals surface area (Å²) in [7, 11) is 0. The highest BCUT2D eigenvalue weighted by molar-refractivity contribution is 7.12. The molecule has 0 aliphatic rings. The number of benzene rings is 1. The van der Waals surface area contributed by atoms with Crippen LogP contribution in [0.15, 0.2) is 24.3 Å². The first-order chi connectivity index (χ1) is 8.47. The van der Waals surface area contributed by atoms with Crippen molar-refractivity contribution in [1.82, 2.24) is 0 Å². The molecule has 0 aliphatic heterocycles. The van der Waals surface area contributed by atoms with Gasteiger partial charge in [0.15, 0.2) is 0 Å². The third-order valence-corrected chi connectivity index (χ3v) is 4.43. The van der Waals surface area contributed by atoms with Crippen LogP contribution in [0.4, 0.5) is 4.39 Å². The van der Waals surface area contributed by atoms with E-state index in [0.717, 1.165) is 10.4 Å². The number of hydrogen-bond acceptors (Lipinski definition) is 2. The van der Waals surface area contributed by atoms with Crippen LogP contribution in [0.5, 0.6) is 0 Å². The lowest BCUT2D eigenvalue weighted by Crippen LogP contribution is -2.01. The van der Waals surface area contributed by atoms with Crippen molar-refractivity contribution in [3.8, 4) is 0 Å². The van der Waals surface area contributed by atoms with E-state index in [-0.39, 0.29) is 12.2 Å². The predicted molar refractivity (Wildman–Crippen MR) is 73.9 cm³/mol. The molecule has 0 bridgehead atoms. The maximum Gasteiger partial charge on any atom is 0.127 e. The fraction of sp³-hybridized carbons (Fsp3) is 0.286. The normalized spacial score (nSPS) is 12.7. The van der Waals surface area contributed by atoms with Gasteiger partial charge in [0, 0.05) is 21.2 Å². The molecule has 0 fully saturated rings. The van der Waals surface area contributed by atoms with E-state index in [1.165, 1.54) is 10.9 Å². The first-order valence-corrected chi connectivity index (χ1v) is 6.85. The van der Waals surface area contributed by atoms with E-state index in [4.69, 9.17) is 11.6 Å². The van der Waals surface area contributed by atoms with Crippen molar-refractivity contribution in [2.45, 2.75) is 26.4 Å². The lowest BCUT2D eigenvalue weighted by Gasteiger charge is -2.09. The van der Waals surface area contributed by atoms with Gasteiger partial charge in [0.25, 0.3) is 0 Å². The Labute approximate surface area is 115 Å². The van der Waals surface area contributed by atoms with Crippen LogP contribution in [0.1, 0.15) is 27.0 Å². The molecule has 0 saturated heterocycles. The van der Waals surface area contributed by atoms with E-state index in [1.807, 2.05) is 19.9 Å². The van der Waals surface area contributed by atoms with Crippen molar-refractivity contribution in [2.75, 3.05) is 0 Å². The molecule has 1 N–H and O–H groups in total. The Morgan fingerprint density at radius 1 is 1.33 bits per heavy atom. The number of hydrogen-bond donors (Lipinski definition) is 1. The minimum atomic E-state index is -0.668. The molecule has 0 aliphatic carbocycles. The lowest BCUT2D eigenvalue weighted by atomic mass is 10.1. The molecule has 1 aromatic heterocycles. The maximum atomic E-state index is 13.6. The van der Waals surface area contributed by atoms with Gasteiger partial charge in [-0.1, -0.05) is 17.7 Å². The molecule has 0 amide bonds. The zero-order valence-electron chi connectivity index (χ0n) is 10.2. The minimum absolute atomic E-state index is 0.266. The van der Waals surface area contributed by atoms with Crippen LogP contribution in [0, 0.1) is 19.7 Å². The standard InChI is InChI=1S/C14H14ClFOS/c1-8-5-14(18-9(8)2)13(17)6-10-3-4-11(15)7-12(10)16/h3-5,7,13,17H,6H2,1-2H3. The van der Waals surface area contributed by atoms with Crippen LogP contribution in [0.25, 0.3) is 0 Å². The molecule has 0 saturated carbocycles. The van der Waals surface area contributed by atoms with Crippen LogP contribution >= 0.6 is 22.9 Å². The van der Waals surface area contributed by atoms with E-state index < -0.39 is 6.10 Å². The van der Waals surface area contributed by atoms with Gasteiger partial charge in [-0.2, -0.15) is 0 Å². The fourth-order valence-electron chi connectivity index (χ4n) is 1.76. The lowest BCUT2D eigenvalue weighted by molar-refractivity contribution is 0.181. The second-order valence-corrected chi connectivity index (χ2v) is 6.07. The van der Waals surface area contributed by atoms with Gasteiger partial charge in [-0.25, -0.2) is 4.39 Å². The highest BCUT2D eigenvalue weighted by Crippen LogP contribution is 2.29. The van der Waals surface area contributed by atoms with E-state index >= 15 is 0 Å². The van der Waals surface area contributed by atoms with Crippen LogP contribution in [-0.4, -0.2) is 5.11 Å². The highest BCUT2D eigenvalue weighted by atomic mass is 35.5. The van der Waals surface area contributed by atoms with Crippen molar-refractivity contribution in [3.05, 3.63) is 56.0 Å². The van der Waals surface area contributed by atoms with Gasteiger partial charge in [-0.3, -0.25) is 0 Å². The summed E-state index contributed by atoms with van der Waals surface area (Å²) in [5.41, 5.74) is 1.64. The molecule has 0 radical (unpaired) electrons.